The normalized spacial score (nSPS) is 18.5. The summed E-state index contributed by atoms with van der Waals surface area (Å²) < 4.78 is 32.7. The molecule has 0 spiro atoms. The van der Waals surface area contributed by atoms with Crippen LogP contribution in [0.15, 0.2) is 18.2 Å². The van der Waals surface area contributed by atoms with Crippen LogP contribution in [0, 0.1) is 18.6 Å². The van der Waals surface area contributed by atoms with E-state index >= 15 is 0 Å². The van der Waals surface area contributed by atoms with E-state index in [1.54, 1.807) is 6.07 Å². The lowest BCUT2D eigenvalue weighted by Gasteiger charge is -2.31. The molecule has 0 amide bonds. The van der Waals surface area contributed by atoms with Gasteiger partial charge in [0.2, 0.25) is 5.95 Å². The van der Waals surface area contributed by atoms with Crippen LogP contribution in [0.4, 0.5) is 20.5 Å². The Labute approximate surface area is 143 Å². The van der Waals surface area contributed by atoms with E-state index in [-0.39, 0.29) is 17.6 Å². The smallest absolute Gasteiger partial charge is 0.222 e. The maximum absolute atomic E-state index is 13.7. The number of halogens is 3. The Bertz CT molecular complexity index is 739. The highest BCUT2D eigenvalue weighted by atomic mass is 35.5. The monoisotopic (exact) mass is 354 g/mol. The first-order valence-corrected chi connectivity index (χ1v) is 7.93. The molecule has 1 aromatic heterocycles. The summed E-state index contributed by atoms with van der Waals surface area (Å²) >= 11 is 6.16. The number of hydrogen-bond acceptors (Lipinski definition) is 5. The minimum atomic E-state index is -0.980. The molecule has 2 heterocycles. The van der Waals surface area contributed by atoms with Crippen molar-refractivity contribution in [1.29, 1.82) is 0 Å². The predicted octanol–water partition coefficient (Wildman–Crippen LogP) is 3.27. The van der Waals surface area contributed by atoms with Gasteiger partial charge in [-0.25, -0.2) is 13.8 Å². The largest absolute Gasteiger partial charge is 0.379 e. The van der Waals surface area contributed by atoms with E-state index in [2.05, 4.69) is 9.97 Å². The van der Waals surface area contributed by atoms with Gasteiger partial charge in [-0.15, -0.1) is 0 Å². The lowest BCUT2D eigenvalue weighted by atomic mass is 10.0. The zero-order chi connectivity index (χ0) is 17.3. The molecule has 1 fully saturated rings. The molecule has 0 bridgehead atoms. The highest BCUT2D eigenvalue weighted by Gasteiger charge is 2.28. The van der Waals surface area contributed by atoms with Crippen LogP contribution < -0.4 is 10.6 Å². The van der Waals surface area contributed by atoms with Crippen LogP contribution in [0.1, 0.15) is 23.7 Å². The molecule has 1 saturated heterocycles. The molecule has 1 unspecified atom stereocenters. The predicted molar refractivity (Wildman–Crippen MR) is 88.1 cm³/mol. The highest BCUT2D eigenvalue weighted by molar-refractivity contribution is 6.31. The van der Waals surface area contributed by atoms with Gasteiger partial charge in [-0.1, -0.05) is 11.6 Å². The number of aryl methyl sites for hydroxylation is 1. The Morgan fingerprint density at radius 3 is 2.75 bits per heavy atom. The van der Waals surface area contributed by atoms with E-state index in [0.29, 0.717) is 24.5 Å². The number of benzene rings is 1. The van der Waals surface area contributed by atoms with Crippen LogP contribution in [0.2, 0.25) is 5.02 Å². The van der Waals surface area contributed by atoms with Gasteiger partial charge in [-0.2, -0.15) is 4.98 Å². The fraction of sp³-hybridized carbons (Fsp3) is 0.375. The van der Waals surface area contributed by atoms with Crippen molar-refractivity contribution in [3.05, 3.63) is 46.1 Å². The second-order valence-electron chi connectivity index (χ2n) is 5.65. The summed E-state index contributed by atoms with van der Waals surface area (Å²) in [5, 5.41) is 0.146. The Morgan fingerprint density at radius 1 is 1.25 bits per heavy atom. The van der Waals surface area contributed by atoms with Gasteiger partial charge in [0.1, 0.15) is 5.82 Å². The number of nitrogens with zero attached hydrogens (tertiary/aromatic N) is 3. The first kappa shape index (κ1) is 16.9. The highest BCUT2D eigenvalue weighted by Crippen LogP contribution is 2.34. The minimum absolute atomic E-state index is 0.146. The van der Waals surface area contributed by atoms with E-state index in [1.807, 2.05) is 11.8 Å². The maximum Gasteiger partial charge on any atom is 0.222 e. The topological polar surface area (TPSA) is 64.3 Å². The molecule has 1 atom stereocenters. The molecular formula is C16H17ClF2N4O. The Hall–Kier alpha value is -1.99. The van der Waals surface area contributed by atoms with Crippen molar-refractivity contribution >= 4 is 23.4 Å². The lowest BCUT2D eigenvalue weighted by molar-refractivity contribution is 0.134. The van der Waals surface area contributed by atoms with Gasteiger partial charge in [0.15, 0.2) is 11.6 Å². The maximum atomic E-state index is 13.7. The van der Waals surface area contributed by atoms with Crippen LogP contribution >= 0.6 is 11.6 Å². The van der Waals surface area contributed by atoms with Crippen LogP contribution in [-0.4, -0.2) is 29.7 Å². The van der Waals surface area contributed by atoms with E-state index in [9.17, 15) is 8.78 Å². The van der Waals surface area contributed by atoms with Crippen molar-refractivity contribution in [2.45, 2.75) is 19.4 Å². The van der Waals surface area contributed by atoms with Crippen LogP contribution in [0.25, 0.3) is 0 Å². The van der Waals surface area contributed by atoms with Gasteiger partial charge >= 0.3 is 0 Å². The second-order valence-corrected chi connectivity index (χ2v) is 6.06. The van der Waals surface area contributed by atoms with Gasteiger partial charge in [-0.3, -0.25) is 0 Å². The third kappa shape index (κ3) is 3.42. The number of nitrogen functional groups attached to an aromatic ring is 1. The molecule has 3 rings (SSSR count). The number of aromatic nitrogens is 2. The SMILES string of the molecule is Cc1cc(N2CCCOCC2c2cc(F)c(F)cc2Cl)nc(N)n1. The van der Waals surface area contributed by atoms with Crippen molar-refractivity contribution in [3.8, 4) is 0 Å². The third-order valence-corrected chi connectivity index (χ3v) is 4.22. The molecule has 1 aromatic carbocycles. The molecule has 5 nitrogen and oxygen atoms in total. The number of hydrogen-bond donors (Lipinski definition) is 1. The van der Waals surface area contributed by atoms with E-state index in [0.717, 1.165) is 24.2 Å². The molecule has 24 heavy (non-hydrogen) atoms. The molecule has 2 aromatic rings. The Kier molecular flexibility index (Phi) is 4.82. The van der Waals surface area contributed by atoms with Gasteiger partial charge in [0, 0.05) is 29.9 Å². The number of rotatable bonds is 2. The number of ether oxygens (including phenoxy) is 1. The molecule has 1 aliphatic heterocycles. The summed E-state index contributed by atoms with van der Waals surface area (Å²) in [5.74, 6) is -1.16. The molecule has 0 aliphatic carbocycles. The van der Waals surface area contributed by atoms with Crippen molar-refractivity contribution in [3.63, 3.8) is 0 Å². The Morgan fingerprint density at radius 2 is 2.00 bits per heavy atom. The van der Waals surface area contributed by atoms with Crippen molar-refractivity contribution in [2.75, 3.05) is 30.4 Å². The van der Waals surface area contributed by atoms with E-state index < -0.39 is 17.7 Å². The summed E-state index contributed by atoms with van der Waals surface area (Å²) in [6.07, 6.45) is 0.765. The fourth-order valence-electron chi connectivity index (χ4n) is 2.82. The summed E-state index contributed by atoms with van der Waals surface area (Å²) in [4.78, 5) is 10.3. The van der Waals surface area contributed by atoms with Crippen LogP contribution in [-0.2, 0) is 4.74 Å². The van der Waals surface area contributed by atoms with Crippen molar-refractivity contribution < 1.29 is 13.5 Å². The standard InChI is InChI=1S/C16H17ClF2N4O/c1-9-5-15(22-16(20)21-9)23-3-2-4-24-8-14(23)10-6-12(18)13(19)7-11(10)17/h5-7,14H,2-4,8H2,1H3,(H2,20,21,22). The van der Waals surface area contributed by atoms with Crippen LogP contribution in [0.3, 0.4) is 0 Å². The number of nitrogens with two attached hydrogens (primary N) is 1. The number of anilines is 2. The van der Waals surface area contributed by atoms with Gasteiger partial charge in [0.25, 0.3) is 0 Å². The first-order valence-electron chi connectivity index (χ1n) is 7.55. The van der Waals surface area contributed by atoms with Gasteiger partial charge in [0.05, 0.1) is 12.6 Å². The van der Waals surface area contributed by atoms with Gasteiger partial charge < -0.3 is 15.4 Å². The molecule has 128 valence electrons. The molecule has 0 radical (unpaired) electrons. The van der Waals surface area contributed by atoms with Crippen molar-refractivity contribution in [1.82, 2.24) is 9.97 Å². The molecule has 0 saturated carbocycles. The average molecular weight is 355 g/mol. The average Bonchev–Trinajstić information content (AvgIpc) is 2.75. The van der Waals surface area contributed by atoms with Crippen molar-refractivity contribution in [2.24, 2.45) is 0 Å². The fourth-order valence-corrected chi connectivity index (χ4v) is 3.10. The van der Waals surface area contributed by atoms with Crippen LogP contribution in [0.5, 0.6) is 0 Å². The minimum Gasteiger partial charge on any atom is -0.379 e. The third-order valence-electron chi connectivity index (χ3n) is 3.89. The zero-order valence-corrected chi connectivity index (χ0v) is 13.9. The zero-order valence-electron chi connectivity index (χ0n) is 13.1. The quantitative estimate of drug-likeness (QED) is 0.838. The van der Waals surface area contributed by atoms with Gasteiger partial charge in [-0.05, 0) is 31.0 Å². The molecule has 2 N–H and O–H groups in total. The summed E-state index contributed by atoms with van der Waals surface area (Å²) in [7, 11) is 0. The molecular weight excluding hydrogens is 338 g/mol. The molecule has 8 heteroatoms. The van der Waals surface area contributed by atoms with E-state index in [1.165, 1.54) is 0 Å². The summed E-state index contributed by atoms with van der Waals surface area (Å²) in [6, 6.07) is 3.49. The molecule has 1 aliphatic rings. The summed E-state index contributed by atoms with van der Waals surface area (Å²) in [6.45, 7) is 3.28. The summed E-state index contributed by atoms with van der Waals surface area (Å²) in [5.41, 5.74) is 6.92. The Balaban J connectivity index is 2.06. The second kappa shape index (κ2) is 6.86. The first-order chi connectivity index (χ1) is 11.5. The van der Waals surface area contributed by atoms with E-state index in [4.69, 9.17) is 22.1 Å². The lowest BCUT2D eigenvalue weighted by Crippen LogP contribution is -2.32.